The normalized spacial score (nSPS) is 20.6. The predicted octanol–water partition coefficient (Wildman–Crippen LogP) is 3.10. The van der Waals surface area contributed by atoms with Gasteiger partial charge in [-0.25, -0.2) is 4.39 Å². The van der Waals surface area contributed by atoms with E-state index in [1.807, 2.05) is 6.07 Å². The van der Waals surface area contributed by atoms with E-state index in [1.165, 1.54) is 6.42 Å². The number of anilines is 1. The lowest BCUT2D eigenvalue weighted by Crippen LogP contribution is -2.37. The molecule has 1 fully saturated rings. The number of nitrogens with one attached hydrogen (secondary N) is 1. The zero-order valence-corrected chi connectivity index (χ0v) is 13.1. The molecule has 1 heterocycles. The molecule has 0 radical (unpaired) electrons. The molecule has 1 aliphatic heterocycles. The van der Waals surface area contributed by atoms with Gasteiger partial charge in [0.2, 0.25) is 0 Å². The maximum absolute atomic E-state index is 13.6. The molecular weight excluding hydrogens is 267 g/mol. The van der Waals surface area contributed by atoms with E-state index in [0.29, 0.717) is 5.92 Å². The number of piperidine rings is 1. The van der Waals surface area contributed by atoms with Gasteiger partial charge in [-0.1, -0.05) is 6.92 Å². The van der Waals surface area contributed by atoms with E-state index in [-0.39, 0.29) is 18.5 Å². The third-order valence-corrected chi connectivity index (χ3v) is 4.36. The van der Waals surface area contributed by atoms with Crippen LogP contribution in [0.25, 0.3) is 0 Å². The van der Waals surface area contributed by atoms with Crippen molar-refractivity contribution >= 4 is 5.69 Å². The minimum atomic E-state index is -0.178. The van der Waals surface area contributed by atoms with Crippen molar-refractivity contribution in [2.24, 2.45) is 5.92 Å². The lowest BCUT2D eigenvalue weighted by atomic mass is 9.93. The van der Waals surface area contributed by atoms with Gasteiger partial charge in [0, 0.05) is 31.4 Å². The minimum absolute atomic E-state index is 0.138. The number of aliphatic hydroxyl groups is 1. The quantitative estimate of drug-likeness (QED) is 0.846. The van der Waals surface area contributed by atoms with Gasteiger partial charge in [0.15, 0.2) is 0 Å². The van der Waals surface area contributed by atoms with Gasteiger partial charge in [-0.3, -0.25) is 0 Å². The summed E-state index contributed by atoms with van der Waals surface area (Å²) in [6, 6.07) is 5.24. The van der Waals surface area contributed by atoms with E-state index in [1.54, 1.807) is 12.1 Å². The van der Waals surface area contributed by atoms with Crippen molar-refractivity contribution in [3.63, 3.8) is 0 Å². The van der Waals surface area contributed by atoms with Crippen LogP contribution in [0.15, 0.2) is 18.2 Å². The summed E-state index contributed by atoms with van der Waals surface area (Å²) < 4.78 is 13.6. The van der Waals surface area contributed by atoms with Gasteiger partial charge in [0.25, 0.3) is 0 Å². The molecule has 0 aromatic heterocycles. The Balaban J connectivity index is 2.21. The molecular formula is C17H27FN2O. The highest BCUT2D eigenvalue weighted by Crippen LogP contribution is 2.31. The van der Waals surface area contributed by atoms with Gasteiger partial charge >= 0.3 is 0 Å². The molecule has 118 valence electrons. The molecule has 1 aliphatic rings. The fraction of sp³-hybridized carbons (Fsp3) is 0.647. The number of hydrogen-bond donors (Lipinski definition) is 2. The summed E-state index contributed by atoms with van der Waals surface area (Å²) in [6.45, 7) is 7.23. The van der Waals surface area contributed by atoms with Crippen molar-refractivity contribution in [3.8, 4) is 0 Å². The molecule has 21 heavy (non-hydrogen) atoms. The van der Waals surface area contributed by atoms with Crippen molar-refractivity contribution in [2.75, 3.05) is 31.1 Å². The Hall–Kier alpha value is -1.13. The van der Waals surface area contributed by atoms with E-state index in [0.717, 1.165) is 43.7 Å². The van der Waals surface area contributed by atoms with E-state index in [2.05, 4.69) is 24.1 Å². The maximum Gasteiger partial charge on any atom is 0.123 e. The second kappa shape index (κ2) is 7.76. The van der Waals surface area contributed by atoms with E-state index in [4.69, 9.17) is 5.11 Å². The number of aliphatic hydroxyl groups excluding tert-OH is 1. The molecule has 0 bridgehead atoms. The summed E-state index contributed by atoms with van der Waals surface area (Å²) in [5.41, 5.74) is 2.16. The average molecular weight is 294 g/mol. The monoisotopic (exact) mass is 294 g/mol. The zero-order chi connectivity index (χ0) is 15.2. The summed E-state index contributed by atoms with van der Waals surface area (Å²) >= 11 is 0. The largest absolute Gasteiger partial charge is 0.396 e. The molecule has 2 atom stereocenters. The highest BCUT2D eigenvalue weighted by atomic mass is 19.1. The first kappa shape index (κ1) is 16.2. The molecule has 4 heteroatoms. The van der Waals surface area contributed by atoms with E-state index in [9.17, 15) is 4.39 Å². The Labute approximate surface area is 127 Å². The summed E-state index contributed by atoms with van der Waals surface area (Å²) in [7, 11) is 0. The highest BCUT2D eigenvalue weighted by Gasteiger charge is 2.23. The standard InChI is InChI=1S/C17H27FN2O/c1-3-19-13(2)16-11-15(18)6-7-17(16)20-9-4-5-14(12-20)8-10-21/h6-7,11,13-14,19,21H,3-5,8-10,12H2,1-2H3. The van der Waals surface area contributed by atoms with Gasteiger partial charge in [0.05, 0.1) is 0 Å². The van der Waals surface area contributed by atoms with Crippen LogP contribution in [-0.2, 0) is 0 Å². The smallest absolute Gasteiger partial charge is 0.123 e. The first-order valence-corrected chi connectivity index (χ1v) is 8.04. The van der Waals surface area contributed by atoms with E-state index >= 15 is 0 Å². The van der Waals surface area contributed by atoms with Crippen molar-refractivity contribution < 1.29 is 9.50 Å². The maximum atomic E-state index is 13.6. The SMILES string of the molecule is CCNC(C)c1cc(F)ccc1N1CCCC(CCO)C1. The molecule has 0 saturated carbocycles. The summed E-state index contributed by atoms with van der Waals surface area (Å²) in [4.78, 5) is 2.35. The summed E-state index contributed by atoms with van der Waals surface area (Å²) in [5, 5.41) is 12.5. The number of rotatable bonds is 6. The molecule has 1 aromatic rings. The van der Waals surface area contributed by atoms with Crippen LogP contribution < -0.4 is 10.2 Å². The highest BCUT2D eigenvalue weighted by molar-refractivity contribution is 5.55. The van der Waals surface area contributed by atoms with Crippen LogP contribution in [0.1, 0.15) is 44.7 Å². The molecule has 2 rings (SSSR count). The van der Waals surface area contributed by atoms with Gasteiger partial charge in [0.1, 0.15) is 5.82 Å². The first-order chi connectivity index (χ1) is 10.2. The van der Waals surface area contributed by atoms with Gasteiger partial charge in [-0.2, -0.15) is 0 Å². The molecule has 0 amide bonds. The number of halogens is 1. The molecule has 1 saturated heterocycles. The van der Waals surface area contributed by atoms with Crippen LogP contribution in [0.4, 0.5) is 10.1 Å². The van der Waals surface area contributed by atoms with Crippen LogP contribution in [0, 0.1) is 11.7 Å². The van der Waals surface area contributed by atoms with Crippen LogP contribution in [0.2, 0.25) is 0 Å². The molecule has 0 aliphatic carbocycles. The first-order valence-electron chi connectivity index (χ1n) is 8.04. The lowest BCUT2D eigenvalue weighted by molar-refractivity contribution is 0.244. The average Bonchev–Trinajstić information content (AvgIpc) is 2.48. The zero-order valence-electron chi connectivity index (χ0n) is 13.1. The van der Waals surface area contributed by atoms with Crippen LogP contribution in [-0.4, -0.2) is 31.3 Å². The van der Waals surface area contributed by atoms with Crippen LogP contribution >= 0.6 is 0 Å². The topological polar surface area (TPSA) is 35.5 Å². The molecule has 2 N–H and O–H groups in total. The number of benzene rings is 1. The Kier molecular flexibility index (Phi) is 6.00. The molecule has 1 aromatic carbocycles. The van der Waals surface area contributed by atoms with Crippen LogP contribution in [0.3, 0.4) is 0 Å². The second-order valence-electron chi connectivity index (χ2n) is 5.95. The fourth-order valence-corrected chi connectivity index (χ4v) is 3.28. The van der Waals surface area contributed by atoms with Gasteiger partial charge in [-0.15, -0.1) is 0 Å². The van der Waals surface area contributed by atoms with Crippen molar-refractivity contribution in [1.29, 1.82) is 0 Å². The Morgan fingerprint density at radius 2 is 2.29 bits per heavy atom. The lowest BCUT2D eigenvalue weighted by Gasteiger charge is -2.36. The number of hydrogen-bond acceptors (Lipinski definition) is 3. The minimum Gasteiger partial charge on any atom is -0.396 e. The van der Waals surface area contributed by atoms with Gasteiger partial charge in [-0.05, 0) is 62.4 Å². The molecule has 2 unspecified atom stereocenters. The van der Waals surface area contributed by atoms with E-state index < -0.39 is 0 Å². The van der Waals surface area contributed by atoms with Crippen molar-refractivity contribution in [1.82, 2.24) is 5.32 Å². The van der Waals surface area contributed by atoms with Crippen molar-refractivity contribution in [2.45, 2.75) is 39.2 Å². The second-order valence-corrected chi connectivity index (χ2v) is 5.95. The Bertz CT molecular complexity index is 450. The summed E-state index contributed by atoms with van der Waals surface area (Å²) in [6.07, 6.45) is 3.17. The number of nitrogens with zero attached hydrogens (tertiary/aromatic N) is 1. The molecule has 3 nitrogen and oxygen atoms in total. The Morgan fingerprint density at radius 3 is 3.00 bits per heavy atom. The van der Waals surface area contributed by atoms with Crippen LogP contribution in [0.5, 0.6) is 0 Å². The van der Waals surface area contributed by atoms with Gasteiger partial charge < -0.3 is 15.3 Å². The fourth-order valence-electron chi connectivity index (χ4n) is 3.28. The Morgan fingerprint density at radius 1 is 1.48 bits per heavy atom. The summed E-state index contributed by atoms with van der Waals surface area (Å²) in [5.74, 6) is 0.360. The predicted molar refractivity (Wildman–Crippen MR) is 85.1 cm³/mol. The third kappa shape index (κ3) is 4.17. The van der Waals surface area contributed by atoms with Crippen molar-refractivity contribution in [3.05, 3.63) is 29.6 Å². The molecule has 0 spiro atoms. The third-order valence-electron chi connectivity index (χ3n) is 4.36.